The van der Waals surface area contributed by atoms with Crippen LogP contribution in [0.15, 0.2) is 17.1 Å². The van der Waals surface area contributed by atoms with E-state index in [1.807, 2.05) is 0 Å². The zero-order chi connectivity index (χ0) is 9.97. The molecule has 1 aliphatic rings. The zero-order valence-electron chi connectivity index (χ0n) is 7.65. The summed E-state index contributed by atoms with van der Waals surface area (Å²) < 4.78 is 6.76. The van der Waals surface area contributed by atoms with Crippen LogP contribution in [-0.2, 0) is 4.74 Å². The molecule has 0 aromatic carbocycles. The zero-order valence-corrected chi connectivity index (χ0v) is 8.41. The fraction of sp³-hybridized carbons (Fsp3) is 0.556. The average Bonchev–Trinajstić information content (AvgIpc) is 2.23. The molecule has 2 heterocycles. The molecule has 4 nitrogen and oxygen atoms in total. The van der Waals surface area contributed by atoms with Crippen molar-refractivity contribution in [2.75, 3.05) is 6.61 Å². The first-order chi connectivity index (χ1) is 6.79. The summed E-state index contributed by atoms with van der Waals surface area (Å²) in [6.07, 6.45) is 4.21. The lowest BCUT2D eigenvalue weighted by Gasteiger charge is -2.23. The molecule has 1 aromatic rings. The van der Waals surface area contributed by atoms with E-state index in [0.29, 0.717) is 6.61 Å². The van der Waals surface area contributed by atoms with Crippen LogP contribution in [0, 0.1) is 0 Å². The van der Waals surface area contributed by atoms with Gasteiger partial charge >= 0.3 is 0 Å². The average molecular weight is 215 g/mol. The van der Waals surface area contributed by atoms with Gasteiger partial charge in [-0.25, -0.2) is 0 Å². The summed E-state index contributed by atoms with van der Waals surface area (Å²) in [5.41, 5.74) is -0.277. The van der Waals surface area contributed by atoms with E-state index in [-0.39, 0.29) is 16.8 Å². The van der Waals surface area contributed by atoms with Crippen molar-refractivity contribution in [3.05, 3.63) is 27.6 Å². The fourth-order valence-electron chi connectivity index (χ4n) is 1.53. The van der Waals surface area contributed by atoms with Crippen LogP contribution in [0.5, 0.6) is 0 Å². The Bertz CT molecular complexity index is 371. The molecule has 0 N–H and O–H groups in total. The Kier molecular flexibility index (Phi) is 2.84. The maximum atomic E-state index is 11.6. The van der Waals surface area contributed by atoms with Crippen molar-refractivity contribution < 1.29 is 4.74 Å². The van der Waals surface area contributed by atoms with Gasteiger partial charge in [0.15, 0.2) is 6.23 Å². The molecule has 0 aliphatic carbocycles. The number of rotatable bonds is 1. The normalized spacial score (nSPS) is 22.2. The Hall–Kier alpha value is -0.870. The van der Waals surface area contributed by atoms with Crippen molar-refractivity contribution in [1.82, 2.24) is 9.78 Å². The molecule has 76 valence electrons. The van der Waals surface area contributed by atoms with Crippen molar-refractivity contribution in [2.24, 2.45) is 0 Å². The number of aromatic nitrogens is 2. The quantitative estimate of drug-likeness (QED) is 0.713. The summed E-state index contributed by atoms with van der Waals surface area (Å²) >= 11 is 5.70. The van der Waals surface area contributed by atoms with Gasteiger partial charge in [0.05, 0.1) is 0 Å². The molecule has 5 heteroatoms. The van der Waals surface area contributed by atoms with Crippen molar-refractivity contribution >= 4 is 11.6 Å². The summed E-state index contributed by atoms with van der Waals surface area (Å²) in [5, 5.41) is 4.15. The van der Waals surface area contributed by atoms with Crippen LogP contribution in [-0.4, -0.2) is 16.4 Å². The SMILES string of the molecule is O=c1c(Cl)ccnn1C1CCCCO1. The Morgan fingerprint density at radius 2 is 2.43 bits per heavy atom. The molecule has 1 fully saturated rings. The molecule has 0 saturated carbocycles. The van der Waals surface area contributed by atoms with E-state index in [9.17, 15) is 4.79 Å². The van der Waals surface area contributed by atoms with Crippen molar-refractivity contribution in [3.8, 4) is 0 Å². The van der Waals surface area contributed by atoms with Crippen LogP contribution in [0.1, 0.15) is 25.5 Å². The molecule has 0 spiro atoms. The molecule has 2 rings (SSSR count). The summed E-state index contributed by atoms with van der Waals surface area (Å²) in [5.74, 6) is 0. The molecule has 0 bridgehead atoms. The van der Waals surface area contributed by atoms with E-state index < -0.39 is 0 Å². The number of hydrogen-bond acceptors (Lipinski definition) is 3. The van der Waals surface area contributed by atoms with Gasteiger partial charge in [-0.1, -0.05) is 11.6 Å². The van der Waals surface area contributed by atoms with E-state index >= 15 is 0 Å². The minimum atomic E-state index is -0.277. The van der Waals surface area contributed by atoms with Gasteiger partial charge in [-0.2, -0.15) is 9.78 Å². The van der Waals surface area contributed by atoms with Crippen LogP contribution in [0.4, 0.5) is 0 Å². The summed E-state index contributed by atoms with van der Waals surface area (Å²) in [7, 11) is 0. The number of nitrogens with zero attached hydrogens (tertiary/aromatic N) is 2. The Morgan fingerprint density at radius 1 is 1.57 bits per heavy atom. The molecule has 14 heavy (non-hydrogen) atoms. The molecule has 0 amide bonds. The highest BCUT2D eigenvalue weighted by molar-refractivity contribution is 6.30. The van der Waals surface area contributed by atoms with Gasteiger partial charge in [-0.15, -0.1) is 0 Å². The van der Waals surface area contributed by atoms with Gasteiger partial charge in [0.25, 0.3) is 5.56 Å². The third kappa shape index (κ3) is 1.81. The van der Waals surface area contributed by atoms with Crippen LogP contribution in [0.3, 0.4) is 0 Å². The number of ether oxygens (including phenoxy) is 1. The molecule has 0 radical (unpaired) electrons. The molecule has 1 aromatic heterocycles. The number of halogens is 1. The van der Waals surface area contributed by atoms with E-state index in [1.54, 1.807) is 0 Å². The molecular formula is C9H11ClN2O2. The topological polar surface area (TPSA) is 44.1 Å². The molecular weight excluding hydrogens is 204 g/mol. The third-order valence-corrected chi connectivity index (χ3v) is 2.54. The number of hydrogen-bond donors (Lipinski definition) is 0. The summed E-state index contributed by atoms with van der Waals surface area (Å²) in [4.78, 5) is 11.6. The second-order valence-corrected chi connectivity index (χ2v) is 3.66. The predicted molar refractivity (Wildman–Crippen MR) is 52.3 cm³/mol. The van der Waals surface area contributed by atoms with Gasteiger partial charge in [-0.05, 0) is 25.3 Å². The van der Waals surface area contributed by atoms with Crippen LogP contribution >= 0.6 is 11.6 Å². The Balaban J connectivity index is 2.31. The monoisotopic (exact) mass is 214 g/mol. The molecule has 1 aliphatic heterocycles. The highest BCUT2D eigenvalue weighted by Crippen LogP contribution is 2.20. The maximum Gasteiger partial charge on any atom is 0.287 e. The van der Waals surface area contributed by atoms with Crippen molar-refractivity contribution in [2.45, 2.75) is 25.5 Å². The van der Waals surface area contributed by atoms with Crippen LogP contribution in [0.25, 0.3) is 0 Å². The largest absolute Gasteiger partial charge is 0.356 e. The molecule has 1 saturated heterocycles. The van der Waals surface area contributed by atoms with Gasteiger partial charge in [-0.3, -0.25) is 4.79 Å². The van der Waals surface area contributed by atoms with Gasteiger partial charge < -0.3 is 4.74 Å². The maximum absolute atomic E-state index is 11.6. The highest BCUT2D eigenvalue weighted by atomic mass is 35.5. The van der Waals surface area contributed by atoms with E-state index in [0.717, 1.165) is 19.3 Å². The first kappa shape index (κ1) is 9.68. The summed E-state index contributed by atoms with van der Waals surface area (Å²) in [6, 6.07) is 1.49. The Labute approximate surface area is 86.4 Å². The minimum absolute atomic E-state index is 0.189. The smallest absolute Gasteiger partial charge is 0.287 e. The fourth-order valence-corrected chi connectivity index (χ4v) is 1.67. The lowest BCUT2D eigenvalue weighted by atomic mass is 10.2. The summed E-state index contributed by atoms with van der Waals surface area (Å²) in [6.45, 7) is 0.686. The van der Waals surface area contributed by atoms with Crippen LogP contribution in [0.2, 0.25) is 5.02 Å². The molecule has 1 unspecified atom stereocenters. The molecule has 1 atom stereocenters. The van der Waals surface area contributed by atoms with Gasteiger partial charge in [0.1, 0.15) is 5.02 Å². The first-order valence-corrected chi connectivity index (χ1v) is 5.02. The lowest BCUT2D eigenvalue weighted by Crippen LogP contribution is -2.30. The van der Waals surface area contributed by atoms with Gasteiger partial charge in [0, 0.05) is 12.8 Å². The standard InChI is InChI=1S/C9H11ClN2O2/c10-7-4-5-11-12(9(7)13)8-3-1-2-6-14-8/h4-5,8H,1-3,6H2. The predicted octanol–water partition coefficient (Wildman–Crippen LogP) is 1.60. The minimum Gasteiger partial charge on any atom is -0.356 e. The van der Waals surface area contributed by atoms with Crippen LogP contribution < -0.4 is 5.56 Å². The van der Waals surface area contributed by atoms with Crippen molar-refractivity contribution in [3.63, 3.8) is 0 Å². The highest BCUT2D eigenvalue weighted by Gasteiger charge is 2.18. The first-order valence-electron chi connectivity index (χ1n) is 4.64. The Morgan fingerprint density at radius 3 is 3.14 bits per heavy atom. The third-order valence-electron chi connectivity index (χ3n) is 2.25. The lowest BCUT2D eigenvalue weighted by molar-refractivity contribution is -0.0424. The second-order valence-electron chi connectivity index (χ2n) is 3.25. The van der Waals surface area contributed by atoms with E-state index in [4.69, 9.17) is 16.3 Å². The van der Waals surface area contributed by atoms with E-state index in [1.165, 1.54) is 16.9 Å². The second kappa shape index (κ2) is 4.11. The van der Waals surface area contributed by atoms with Crippen molar-refractivity contribution in [1.29, 1.82) is 0 Å². The van der Waals surface area contributed by atoms with Gasteiger partial charge in [0.2, 0.25) is 0 Å². The van der Waals surface area contributed by atoms with E-state index in [2.05, 4.69) is 5.10 Å².